The van der Waals surface area contributed by atoms with Crippen molar-refractivity contribution in [3.05, 3.63) is 33.8 Å². The van der Waals surface area contributed by atoms with Crippen LogP contribution in [0, 0.1) is 29.9 Å². The molecule has 0 aromatic carbocycles. The van der Waals surface area contributed by atoms with Crippen LogP contribution in [0.1, 0.15) is 30.2 Å². The third-order valence-electron chi connectivity index (χ3n) is 4.79. The van der Waals surface area contributed by atoms with Gasteiger partial charge in [-0.15, -0.1) is 0 Å². The molecule has 0 saturated carbocycles. The maximum absolute atomic E-state index is 11.0. The summed E-state index contributed by atoms with van der Waals surface area (Å²) < 4.78 is 7.30. The summed E-state index contributed by atoms with van der Waals surface area (Å²) in [7, 11) is 1.76. The van der Waals surface area contributed by atoms with Crippen molar-refractivity contribution in [3.8, 4) is 0 Å². The third kappa shape index (κ3) is 3.98. The molecular formula is C16H24N6O3. The van der Waals surface area contributed by atoms with E-state index in [2.05, 4.69) is 20.2 Å². The lowest BCUT2D eigenvalue weighted by atomic mass is 9.97. The Morgan fingerprint density at radius 2 is 2.12 bits per heavy atom. The topological polar surface area (TPSA) is 102 Å². The van der Waals surface area contributed by atoms with E-state index in [9.17, 15) is 10.1 Å². The second kappa shape index (κ2) is 7.22. The van der Waals surface area contributed by atoms with Gasteiger partial charge in [0.05, 0.1) is 12.2 Å². The second-order valence-corrected chi connectivity index (χ2v) is 6.63. The van der Waals surface area contributed by atoms with E-state index in [1.807, 2.05) is 13.8 Å². The zero-order chi connectivity index (χ0) is 18.0. The minimum atomic E-state index is -0.453. The normalized spacial score (nSPS) is 16.3. The van der Waals surface area contributed by atoms with Gasteiger partial charge in [0.1, 0.15) is 5.76 Å². The number of piperidine rings is 1. The van der Waals surface area contributed by atoms with Crippen LogP contribution in [0.3, 0.4) is 0 Å². The Labute approximate surface area is 146 Å². The molecule has 0 unspecified atom stereocenters. The summed E-state index contributed by atoms with van der Waals surface area (Å²) in [6.45, 7) is 7.29. The van der Waals surface area contributed by atoms with Gasteiger partial charge in [0.25, 0.3) is 0 Å². The molecule has 1 saturated heterocycles. The zero-order valence-electron chi connectivity index (χ0n) is 14.9. The van der Waals surface area contributed by atoms with Crippen molar-refractivity contribution < 1.29 is 9.34 Å². The van der Waals surface area contributed by atoms with E-state index in [0.29, 0.717) is 18.3 Å². The summed E-state index contributed by atoms with van der Waals surface area (Å²) in [5.74, 6) is 2.50. The Balaban J connectivity index is 1.48. The number of nitrogens with one attached hydrogen (secondary N) is 1. The SMILES string of the molecule is Cc1nc(CN2CCC(CNc3c([N+](=O)[O-])ncn3C)CC2)oc1C. The summed E-state index contributed by atoms with van der Waals surface area (Å²) in [5, 5.41) is 14.2. The minimum absolute atomic E-state index is 0.116. The maximum atomic E-state index is 11.0. The van der Waals surface area contributed by atoms with Crippen molar-refractivity contribution >= 4 is 11.6 Å². The molecule has 0 aliphatic carbocycles. The monoisotopic (exact) mass is 348 g/mol. The quantitative estimate of drug-likeness (QED) is 0.631. The van der Waals surface area contributed by atoms with Gasteiger partial charge in [-0.2, -0.15) is 0 Å². The van der Waals surface area contributed by atoms with Gasteiger partial charge in [0, 0.05) is 13.6 Å². The van der Waals surface area contributed by atoms with Crippen LogP contribution in [-0.4, -0.2) is 44.0 Å². The third-order valence-corrected chi connectivity index (χ3v) is 4.79. The molecule has 1 aliphatic heterocycles. The lowest BCUT2D eigenvalue weighted by Gasteiger charge is -2.31. The molecule has 1 fully saturated rings. The van der Waals surface area contributed by atoms with Gasteiger partial charge in [-0.1, -0.05) is 0 Å². The van der Waals surface area contributed by atoms with E-state index in [4.69, 9.17) is 4.42 Å². The standard InChI is InChI=1S/C16H24N6O3/c1-11-12(2)25-14(19-11)9-21-6-4-13(5-7-21)8-17-15-16(22(23)24)18-10-20(15)3/h10,13,17H,4-9H2,1-3H3. The van der Waals surface area contributed by atoms with E-state index in [-0.39, 0.29) is 5.82 Å². The average molecular weight is 348 g/mol. The van der Waals surface area contributed by atoms with Gasteiger partial charge in [0.2, 0.25) is 18.0 Å². The molecule has 0 bridgehead atoms. The Bertz CT molecular complexity index is 726. The Morgan fingerprint density at radius 3 is 2.72 bits per heavy atom. The molecule has 3 rings (SSSR count). The highest BCUT2D eigenvalue weighted by atomic mass is 16.6. The van der Waals surface area contributed by atoms with Gasteiger partial charge in [-0.3, -0.25) is 9.47 Å². The highest BCUT2D eigenvalue weighted by molar-refractivity contribution is 5.51. The van der Waals surface area contributed by atoms with E-state index in [1.165, 1.54) is 6.33 Å². The molecule has 2 aromatic heterocycles. The first-order valence-electron chi connectivity index (χ1n) is 8.49. The molecule has 9 heteroatoms. The first-order chi connectivity index (χ1) is 11.9. The average Bonchev–Trinajstić information content (AvgIpc) is 3.09. The zero-order valence-corrected chi connectivity index (χ0v) is 14.9. The van der Waals surface area contributed by atoms with Crippen molar-refractivity contribution in [2.24, 2.45) is 13.0 Å². The molecule has 136 valence electrons. The first-order valence-corrected chi connectivity index (χ1v) is 8.49. The second-order valence-electron chi connectivity index (χ2n) is 6.63. The van der Waals surface area contributed by atoms with Crippen molar-refractivity contribution in [2.75, 3.05) is 25.0 Å². The summed E-state index contributed by atoms with van der Waals surface area (Å²) in [4.78, 5) is 21.1. The fraction of sp³-hybridized carbons (Fsp3) is 0.625. The first kappa shape index (κ1) is 17.4. The molecule has 0 atom stereocenters. The number of anilines is 1. The Hall–Kier alpha value is -2.42. The summed E-state index contributed by atoms with van der Waals surface area (Å²) in [6.07, 6.45) is 3.54. The fourth-order valence-electron chi connectivity index (χ4n) is 3.14. The van der Waals surface area contributed by atoms with E-state index < -0.39 is 4.92 Å². The van der Waals surface area contributed by atoms with Gasteiger partial charge in [-0.05, 0) is 55.6 Å². The number of nitro groups is 1. The van der Waals surface area contributed by atoms with Crippen LogP contribution in [0.15, 0.2) is 10.7 Å². The lowest BCUT2D eigenvalue weighted by molar-refractivity contribution is -0.388. The Morgan fingerprint density at radius 1 is 1.40 bits per heavy atom. The van der Waals surface area contributed by atoms with Crippen molar-refractivity contribution in [1.29, 1.82) is 0 Å². The number of rotatable bonds is 6. The number of aromatic nitrogens is 3. The number of likely N-dealkylation sites (tertiary alicyclic amines) is 1. The van der Waals surface area contributed by atoms with Crippen LogP contribution < -0.4 is 5.32 Å². The molecule has 9 nitrogen and oxygen atoms in total. The maximum Gasteiger partial charge on any atom is 0.406 e. The highest BCUT2D eigenvalue weighted by Crippen LogP contribution is 2.24. The van der Waals surface area contributed by atoms with Crippen LogP contribution in [0.25, 0.3) is 0 Å². The number of aryl methyl sites for hydroxylation is 3. The molecule has 1 N–H and O–H groups in total. The summed E-state index contributed by atoms with van der Waals surface area (Å²) in [5.41, 5.74) is 0.951. The fourth-order valence-corrected chi connectivity index (χ4v) is 3.14. The largest absolute Gasteiger partial charge is 0.444 e. The van der Waals surface area contributed by atoms with Crippen molar-refractivity contribution in [2.45, 2.75) is 33.2 Å². The summed E-state index contributed by atoms with van der Waals surface area (Å²) >= 11 is 0. The predicted octanol–water partition coefficient (Wildman–Crippen LogP) is 2.26. The number of nitrogens with zero attached hydrogens (tertiary/aromatic N) is 5. The number of imidazole rings is 1. The molecular weight excluding hydrogens is 324 g/mol. The molecule has 0 amide bonds. The van der Waals surface area contributed by atoms with Crippen LogP contribution in [0.4, 0.5) is 11.6 Å². The van der Waals surface area contributed by atoms with Gasteiger partial charge in [-0.25, -0.2) is 4.98 Å². The molecule has 25 heavy (non-hydrogen) atoms. The van der Waals surface area contributed by atoms with E-state index >= 15 is 0 Å². The van der Waals surface area contributed by atoms with Gasteiger partial charge >= 0.3 is 5.82 Å². The van der Waals surface area contributed by atoms with E-state index in [1.54, 1.807) is 11.6 Å². The minimum Gasteiger partial charge on any atom is -0.444 e. The lowest BCUT2D eigenvalue weighted by Crippen LogP contribution is -2.35. The molecule has 3 heterocycles. The smallest absolute Gasteiger partial charge is 0.406 e. The molecule has 0 radical (unpaired) electrons. The van der Waals surface area contributed by atoms with Gasteiger partial charge in [0.15, 0.2) is 0 Å². The van der Waals surface area contributed by atoms with Crippen LogP contribution in [0.2, 0.25) is 0 Å². The number of oxazole rings is 1. The van der Waals surface area contributed by atoms with Gasteiger partial charge < -0.3 is 19.8 Å². The molecule has 2 aromatic rings. The number of hydrogen-bond donors (Lipinski definition) is 1. The number of hydrogen-bond acceptors (Lipinski definition) is 7. The highest BCUT2D eigenvalue weighted by Gasteiger charge is 2.24. The van der Waals surface area contributed by atoms with Crippen molar-refractivity contribution in [1.82, 2.24) is 19.4 Å². The van der Waals surface area contributed by atoms with E-state index in [0.717, 1.165) is 49.8 Å². The Kier molecular flexibility index (Phi) is 5.03. The molecule has 0 spiro atoms. The van der Waals surface area contributed by atoms with Crippen LogP contribution in [0.5, 0.6) is 0 Å². The van der Waals surface area contributed by atoms with Crippen molar-refractivity contribution in [3.63, 3.8) is 0 Å². The van der Waals surface area contributed by atoms with Crippen LogP contribution in [-0.2, 0) is 13.6 Å². The molecule has 1 aliphatic rings. The summed E-state index contributed by atoms with van der Waals surface area (Å²) in [6, 6.07) is 0. The van der Waals surface area contributed by atoms with Crippen LogP contribution >= 0.6 is 0 Å². The predicted molar refractivity (Wildman–Crippen MR) is 92.3 cm³/mol.